The molecule has 1 atom stereocenters. The van der Waals surface area contributed by atoms with Crippen LogP contribution in [0.15, 0.2) is 53.7 Å². The highest BCUT2D eigenvalue weighted by molar-refractivity contribution is 7.99. The van der Waals surface area contributed by atoms with E-state index in [1.807, 2.05) is 24.3 Å². The Bertz CT molecular complexity index is 1170. The van der Waals surface area contributed by atoms with E-state index in [1.165, 1.54) is 30.5 Å². The van der Waals surface area contributed by atoms with Crippen LogP contribution in [0.1, 0.15) is 39.0 Å². The highest BCUT2D eigenvalue weighted by Crippen LogP contribution is 2.44. The zero-order valence-electron chi connectivity index (χ0n) is 17.9. The number of benzene rings is 2. The molecule has 3 aromatic rings. The second-order valence-corrected chi connectivity index (χ2v) is 8.17. The molecule has 1 amide bonds. The Morgan fingerprint density at radius 3 is 2.59 bits per heavy atom. The Morgan fingerprint density at radius 1 is 1.09 bits per heavy atom. The van der Waals surface area contributed by atoms with Crippen LogP contribution in [0.2, 0.25) is 0 Å². The molecule has 1 aromatic heterocycles. The first-order chi connectivity index (χ1) is 15.5. The first-order valence-electron chi connectivity index (χ1n) is 10.2. The van der Waals surface area contributed by atoms with E-state index in [-0.39, 0.29) is 11.8 Å². The molecular formula is C23H22N4O4S. The minimum atomic E-state index is -0.925. The zero-order chi connectivity index (χ0) is 22.7. The maximum absolute atomic E-state index is 12.9. The van der Waals surface area contributed by atoms with Crippen LogP contribution in [-0.2, 0) is 9.59 Å². The van der Waals surface area contributed by atoms with Crippen LogP contribution in [0.5, 0.6) is 11.6 Å². The summed E-state index contributed by atoms with van der Waals surface area (Å²) in [5, 5.41) is 9.12. The molecule has 1 unspecified atom stereocenters. The number of aromatic nitrogens is 3. The smallest absolute Gasteiger partial charge is 0.308 e. The van der Waals surface area contributed by atoms with Crippen LogP contribution in [-0.4, -0.2) is 32.8 Å². The van der Waals surface area contributed by atoms with E-state index in [2.05, 4.69) is 22.1 Å². The molecule has 0 radical (unpaired) electrons. The first-order valence-corrected chi connectivity index (χ1v) is 11.2. The van der Waals surface area contributed by atoms with Gasteiger partial charge in [0.25, 0.3) is 0 Å². The second-order valence-electron chi connectivity index (χ2n) is 7.10. The predicted molar refractivity (Wildman–Crippen MR) is 121 cm³/mol. The van der Waals surface area contributed by atoms with E-state index in [0.717, 1.165) is 12.2 Å². The molecule has 1 aliphatic rings. The van der Waals surface area contributed by atoms with Crippen LogP contribution >= 0.6 is 11.8 Å². The van der Waals surface area contributed by atoms with Crippen molar-refractivity contribution in [2.75, 3.05) is 10.7 Å². The Hall–Kier alpha value is -3.46. The zero-order valence-corrected chi connectivity index (χ0v) is 18.8. The van der Waals surface area contributed by atoms with Crippen molar-refractivity contribution in [3.05, 3.63) is 54.1 Å². The van der Waals surface area contributed by atoms with Gasteiger partial charge >= 0.3 is 5.97 Å². The quantitative estimate of drug-likeness (QED) is 0.320. The number of nitrogens with zero attached hydrogens (tertiary/aromatic N) is 4. The van der Waals surface area contributed by atoms with E-state index in [1.54, 1.807) is 24.3 Å². The molecule has 0 bridgehead atoms. The highest BCUT2D eigenvalue weighted by Gasteiger charge is 2.36. The number of ether oxygens (including phenoxy) is 2. The van der Waals surface area contributed by atoms with E-state index in [0.29, 0.717) is 33.4 Å². The molecule has 164 valence electrons. The van der Waals surface area contributed by atoms with Crippen molar-refractivity contribution in [1.29, 1.82) is 0 Å². The molecule has 2 aromatic carbocycles. The minimum absolute atomic E-state index is 0.249. The molecule has 0 spiro atoms. The van der Waals surface area contributed by atoms with E-state index in [4.69, 9.17) is 9.47 Å². The van der Waals surface area contributed by atoms with Crippen LogP contribution in [0.25, 0.3) is 11.3 Å². The van der Waals surface area contributed by atoms with Crippen molar-refractivity contribution >= 4 is 29.3 Å². The number of rotatable bonds is 5. The Labute approximate surface area is 190 Å². The van der Waals surface area contributed by atoms with Crippen molar-refractivity contribution in [2.24, 2.45) is 0 Å². The standard InChI is InChI=1S/C23H22N4O4S/c1-4-13-32-23-24-21-20(25-26-23)16-9-5-7-11-18(16)27(14(2)28)22(31-21)17-10-6-8-12-19(17)30-15(3)29/h5-12,22H,4,13H2,1-3H3. The lowest BCUT2D eigenvalue weighted by Crippen LogP contribution is -2.36. The monoisotopic (exact) mass is 450 g/mol. The topological polar surface area (TPSA) is 94.5 Å². The van der Waals surface area contributed by atoms with E-state index >= 15 is 0 Å². The van der Waals surface area contributed by atoms with Gasteiger partial charge in [-0.3, -0.25) is 14.5 Å². The van der Waals surface area contributed by atoms with Gasteiger partial charge in [-0.2, -0.15) is 4.98 Å². The Kier molecular flexibility index (Phi) is 6.36. The molecule has 1 aliphatic heterocycles. The summed E-state index contributed by atoms with van der Waals surface area (Å²) in [6.45, 7) is 4.86. The van der Waals surface area contributed by atoms with Gasteiger partial charge in [-0.15, -0.1) is 10.2 Å². The first kappa shape index (κ1) is 21.8. The lowest BCUT2D eigenvalue weighted by atomic mass is 10.1. The number of carbonyl (C=O) groups is 2. The van der Waals surface area contributed by atoms with Crippen molar-refractivity contribution in [3.8, 4) is 22.9 Å². The molecule has 0 aliphatic carbocycles. The average molecular weight is 451 g/mol. The number of thioether (sulfide) groups is 1. The van der Waals surface area contributed by atoms with Crippen LogP contribution in [0.3, 0.4) is 0 Å². The number of para-hydroxylation sites is 2. The van der Waals surface area contributed by atoms with Gasteiger partial charge in [0, 0.05) is 25.2 Å². The molecule has 4 rings (SSSR count). The van der Waals surface area contributed by atoms with Crippen LogP contribution in [0.4, 0.5) is 5.69 Å². The fourth-order valence-corrected chi connectivity index (χ4v) is 4.07. The van der Waals surface area contributed by atoms with Crippen molar-refractivity contribution in [1.82, 2.24) is 15.2 Å². The largest absolute Gasteiger partial charge is 0.447 e. The third kappa shape index (κ3) is 4.29. The molecule has 0 saturated heterocycles. The molecule has 0 fully saturated rings. The molecule has 8 nitrogen and oxygen atoms in total. The van der Waals surface area contributed by atoms with Crippen LogP contribution < -0.4 is 14.4 Å². The number of fused-ring (bicyclic) bond motifs is 3. The predicted octanol–water partition coefficient (Wildman–Crippen LogP) is 4.41. The van der Waals surface area contributed by atoms with Gasteiger partial charge in [-0.05, 0) is 24.6 Å². The Balaban J connectivity index is 1.92. The van der Waals surface area contributed by atoms with Gasteiger partial charge in [-0.1, -0.05) is 49.0 Å². The van der Waals surface area contributed by atoms with Gasteiger partial charge < -0.3 is 9.47 Å². The summed E-state index contributed by atoms with van der Waals surface area (Å²) in [6.07, 6.45) is 0.0388. The number of esters is 1. The summed E-state index contributed by atoms with van der Waals surface area (Å²) in [6, 6.07) is 14.3. The van der Waals surface area contributed by atoms with Gasteiger partial charge in [-0.25, -0.2) is 0 Å². The van der Waals surface area contributed by atoms with Crippen molar-refractivity contribution < 1.29 is 19.1 Å². The van der Waals surface area contributed by atoms with E-state index in [9.17, 15) is 9.59 Å². The number of hydrogen-bond donors (Lipinski definition) is 0. The van der Waals surface area contributed by atoms with Gasteiger partial charge in [0.15, 0.2) is 5.69 Å². The maximum Gasteiger partial charge on any atom is 0.308 e. The van der Waals surface area contributed by atoms with Crippen LogP contribution in [0, 0.1) is 0 Å². The second kappa shape index (κ2) is 9.35. The number of amides is 1. The summed E-state index contributed by atoms with van der Waals surface area (Å²) < 4.78 is 11.7. The van der Waals surface area contributed by atoms with Gasteiger partial charge in [0.05, 0.1) is 11.3 Å². The fraction of sp³-hybridized carbons (Fsp3) is 0.261. The van der Waals surface area contributed by atoms with E-state index < -0.39 is 12.2 Å². The molecule has 0 N–H and O–H groups in total. The lowest BCUT2D eigenvalue weighted by Gasteiger charge is -2.30. The third-order valence-electron chi connectivity index (χ3n) is 4.73. The molecular weight excluding hydrogens is 428 g/mol. The molecule has 9 heteroatoms. The van der Waals surface area contributed by atoms with Gasteiger partial charge in [0.1, 0.15) is 5.75 Å². The normalized spacial score (nSPS) is 14.6. The average Bonchev–Trinajstić information content (AvgIpc) is 2.92. The SMILES string of the molecule is CCCSc1nnc2c(n1)OC(c1ccccc1OC(C)=O)N(C(C)=O)c1ccccc1-2. The summed E-state index contributed by atoms with van der Waals surface area (Å²) in [5.41, 5.74) is 2.24. The molecule has 2 heterocycles. The maximum atomic E-state index is 12.9. The minimum Gasteiger partial charge on any atom is -0.447 e. The Morgan fingerprint density at radius 2 is 1.84 bits per heavy atom. The summed E-state index contributed by atoms with van der Waals surface area (Å²) in [4.78, 5) is 30.7. The fourth-order valence-electron chi connectivity index (χ4n) is 3.44. The van der Waals surface area contributed by atoms with Gasteiger partial charge in [0.2, 0.25) is 23.2 Å². The summed E-state index contributed by atoms with van der Waals surface area (Å²) >= 11 is 1.48. The third-order valence-corrected chi connectivity index (χ3v) is 5.77. The lowest BCUT2D eigenvalue weighted by molar-refractivity contribution is -0.132. The highest BCUT2D eigenvalue weighted by atomic mass is 32.2. The molecule has 0 saturated carbocycles. The number of anilines is 1. The number of hydrogen-bond acceptors (Lipinski definition) is 8. The summed E-state index contributed by atoms with van der Waals surface area (Å²) in [7, 11) is 0. The summed E-state index contributed by atoms with van der Waals surface area (Å²) in [5.74, 6) is 0.692. The van der Waals surface area contributed by atoms with Crippen molar-refractivity contribution in [3.63, 3.8) is 0 Å². The van der Waals surface area contributed by atoms with Crippen molar-refractivity contribution in [2.45, 2.75) is 38.6 Å². The molecule has 32 heavy (non-hydrogen) atoms. The number of carbonyl (C=O) groups excluding carboxylic acids is 2.